The number of hydrogen-bond acceptors (Lipinski definition) is 4. The molecule has 0 aliphatic heterocycles. The van der Waals surface area contributed by atoms with E-state index in [1.54, 1.807) is 4.57 Å². The summed E-state index contributed by atoms with van der Waals surface area (Å²) in [6, 6.07) is 9.76. The Balaban J connectivity index is 1.78. The van der Waals surface area contributed by atoms with Crippen LogP contribution in [0.4, 0.5) is 5.69 Å². The van der Waals surface area contributed by atoms with Crippen LogP contribution in [0.15, 0.2) is 40.3 Å². The van der Waals surface area contributed by atoms with E-state index in [9.17, 15) is 9.59 Å². The molecule has 3 rings (SSSR count). The molecule has 1 amide bonds. The lowest BCUT2D eigenvalue weighted by Gasteiger charge is -2.13. The fourth-order valence-corrected chi connectivity index (χ4v) is 4.03. The van der Waals surface area contributed by atoms with Crippen molar-refractivity contribution in [2.24, 2.45) is 5.92 Å². The number of aryl methyl sites for hydroxylation is 1. The van der Waals surface area contributed by atoms with Gasteiger partial charge in [0, 0.05) is 17.9 Å². The molecule has 7 heteroatoms. The zero-order chi connectivity index (χ0) is 21.8. The number of aromatic amines is 1. The number of aromatic nitrogens is 3. The average Bonchev–Trinajstić information content (AvgIpc) is 3.06. The van der Waals surface area contributed by atoms with Gasteiger partial charge in [-0.1, -0.05) is 51.6 Å². The fourth-order valence-electron chi connectivity index (χ4n) is 3.21. The highest BCUT2D eigenvalue weighted by Crippen LogP contribution is 2.21. The Labute approximate surface area is 181 Å². The molecule has 6 nitrogen and oxygen atoms in total. The standard InChI is InChI=1S/C23H30N4O2S/c1-14(2)9-10-27-22(29)21-19(11-16(5)24-21)26-23(27)30-13-20(28)25-18-8-6-7-17(12-18)15(3)4/h6-8,11-12,14-15,24H,9-10,13H2,1-5H3,(H,25,28). The molecular weight excluding hydrogens is 396 g/mol. The molecule has 3 aromatic rings. The zero-order valence-electron chi connectivity index (χ0n) is 18.3. The minimum Gasteiger partial charge on any atom is -0.353 e. The molecule has 0 aliphatic rings. The maximum atomic E-state index is 13.0. The summed E-state index contributed by atoms with van der Waals surface area (Å²) >= 11 is 1.30. The van der Waals surface area contributed by atoms with Gasteiger partial charge in [0.2, 0.25) is 5.91 Å². The van der Waals surface area contributed by atoms with Gasteiger partial charge < -0.3 is 10.3 Å². The molecular formula is C23H30N4O2S. The van der Waals surface area contributed by atoms with Gasteiger partial charge in [-0.2, -0.15) is 0 Å². The number of benzene rings is 1. The SMILES string of the molecule is Cc1cc2nc(SCC(=O)Nc3cccc(C(C)C)c3)n(CCC(C)C)c(=O)c2[nH]1. The van der Waals surface area contributed by atoms with Crippen LogP contribution in [0.25, 0.3) is 11.0 Å². The molecule has 0 aliphatic carbocycles. The molecule has 0 saturated heterocycles. The summed E-state index contributed by atoms with van der Waals surface area (Å²) in [7, 11) is 0. The molecule has 1 aromatic carbocycles. The molecule has 0 atom stereocenters. The van der Waals surface area contributed by atoms with Gasteiger partial charge in [0.1, 0.15) is 5.52 Å². The van der Waals surface area contributed by atoms with E-state index in [2.05, 4.69) is 49.0 Å². The van der Waals surface area contributed by atoms with Crippen molar-refractivity contribution in [1.82, 2.24) is 14.5 Å². The predicted octanol–water partition coefficient (Wildman–Crippen LogP) is 4.93. The number of hydrogen-bond donors (Lipinski definition) is 2. The van der Waals surface area contributed by atoms with Crippen LogP contribution in [0.3, 0.4) is 0 Å². The largest absolute Gasteiger partial charge is 0.353 e. The van der Waals surface area contributed by atoms with E-state index in [4.69, 9.17) is 0 Å². The summed E-state index contributed by atoms with van der Waals surface area (Å²) in [5.41, 5.74) is 3.95. The number of nitrogens with zero attached hydrogens (tertiary/aromatic N) is 2. The van der Waals surface area contributed by atoms with Crippen molar-refractivity contribution >= 4 is 34.4 Å². The number of fused-ring (bicyclic) bond motifs is 1. The Bertz CT molecular complexity index is 1100. The summed E-state index contributed by atoms with van der Waals surface area (Å²) < 4.78 is 1.69. The van der Waals surface area contributed by atoms with Crippen LogP contribution in [0.5, 0.6) is 0 Å². The monoisotopic (exact) mass is 426 g/mol. The molecule has 2 aromatic heterocycles. The quantitative estimate of drug-likeness (QED) is 0.395. The average molecular weight is 427 g/mol. The van der Waals surface area contributed by atoms with Crippen molar-refractivity contribution in [1.29, 1.82) is 0 Å². The third-order valence-corrected chi connectivity index (χ3v) is 5.91. The lowest BCUT2D eigenvalue weighted by Crippen LogP contribution is -2.25. The number of carbonyl (C=O) groups excluding carboxylic acids is 1. The van der Waals surface area contributed by atoms with Crippen molar-refractivity contribution in [2.45, 2.75) is 58.7 Å². The highest BCUT2D eigenvalue weighted by atomic mass is 32.2. The lowest BCUT2D eigenvalue weighted by atomic mass is 10.0. The molecule has 0 unspecified atom stereocenters. The van der Waals surface area contributed by atoms with E-state index in [1.807, 2.05) is 31.2 Å². The first-order valence-electron chi connectivity index (χ1n) is 10.4. The zero-order valence-corrected chi connectivity index (χ0v) is 19.1. The number of carbonyl (C=O) groups is 1. The van der Waals surface area contributed by atoms with E-state index in [-0.39, 0.29) is 17.2 Å². The second kappa shape index (κ2) is 9.51. The number of H-pyrrole nitrogens is 1. The van der Waals surface area contributed by atoms with E-state index >= 15 is 0 Å². The molecule has 0 bridgehead atoms. The number of nitrogens with one attached hydrogen (secondary N) is 2. The van der Waals surface area contributed by atoms with E-state index in [0.717, 1.165) is 17.8 Å². The second-order valence-electron chi connectivity index (χ2n) is 8.36. The summed E-state index contributed by atoms with van der Waals surface area (Å²) in [6.45, 7) is 11.0. The molecule has 0 saturated carbocycles. The molecule has 160 valence electrons. The smallest absolute Gasteiger partial charge is 0.278 e. The Hall–Kier alpha value is -2.54. The van der Waals surface area contributed by atoms with Crippen molar-refractivity contribution in [3.8, 4) is 0 Å². The first-order valence-corrected chi connectivity index (χ1v) is 11.4. The Kier molecular flexibility index (Phi) is 7.02. The van der Waals surface area contributed by atoms with E-state index in [0.29, 0.717) is 34.6 Å². The molecule has 0 radical (unpaired) electrons. The third-order valence-electron chi connectivity index (χ3n) is 4.94. The van der Waals surface area contributed by atoms with Crippen LogP contribution < -0.4 is 10.9 Å². The van der Waals surface area contributed by atoms with Gasteiger partial charge in [0.05, 0.1) is 11.3 Å². The Morgan fingerprint density at radius 3 is 2.70 bits per heavy atom. The number of rotatable bonds is 8. The minimum atomic E-state index is -0.115. The Morgan fingerprint density at radius 1 is 1.23 bits per heavy atom. The van der Waals surface area contributed by atoms with Crippen LogP contribution >= 0.6 is 11.8 Å². The van der Waals surface area contributed by atoms with Crippen molar-refractivity contribution in [3.63, 3.8) is 0 Å². The lowest BCUT2D eigenvalue weighted by molar-refractivity contribution is -0.113. The van der Waals surface area contributed by atoms with Gasteiger partial charge in [-0.25, -0.2) is 4.98 Å². The van der Waals surface area contributed by atoms with Crippen molar-refractivity contribution < 1.29 is 4.79 Å². The molecule has 2 N–H and O–H groups in total. The highest BCUT2D eigenvalue weighted by molar-refractivity contribution is 7.99. The van der Waals surface area contributed by atoms with Crippen molar-refractivity contribution in [3.05, 3.63) is 51.9 Å². The molecule has 30 heavy (non-hydrogen) atoms. The van der Waals surface area contributed by atoms with E-state index < -0.39 is 0 Å². The summed E-state index contributed by atoms with van der Waals surface area (Å²) in [5.74, 6) is 0.935. The maximum Gasteiger partial charge on any atom is 0.278 e. The van der Waals surface area contributed by atoms with Crippen LogP contribution in [-0.2, 0) is 11.3 Å². The molecule has 0 fully saturated rings. The number of anilines is 1. The van der Waals surface area contributed by atoms with Gasteiger partial charge in [-0.15, -0.1) is 0 Å². The predicted molar refractivity (Wildman–Crippen MR) is 124 cm³/mol. The molecule has 0 spiro atoms. The van der Waals surface area contributed by atoms with Crippen LogP contribution in [0, 0.1) is 12.8 Å². The normalized spacial score (nSPS) is 11.6. The fraction of sp³-hybridized carbons (Fsp3) is 0.435. The van der Waals surface area contributed by atoms with Crippen LogP contribution in [-0.4, -0.2) is 26.2 Å². The number of thioether (sulfide) groups is 1. The van der Waals surface area contributed by atoms with E-state index in [1.165, 1.54) is 17.3 Å². The summed E-state index contributed by atoms with van der Waals surface area (Å²) in [5, 5.41) is 3.53. The number of amides is 1. The first kappa shape index (κ1) is 22.2. The van der Waals surface area contributed by atoms with Crippen LogP contribution in [0.1, 0.15) is 51.3 Å². The summed E-state index contributed by atoms with van der Waals surface area (Å²) in [6.07, 6.45) is 0.870. The highest BCUT2D eigenvalue weighted by Gasteiger charge is 2.15. The first-order chi connectivity index (χ1) is 14.2. The van der Waals surface area contributed by atoms with Crippen molar-refractivity contribution in [2.75, 3.05) is 11.1 Å². The van der Waals surface area contributed by atoms with Gasteiger partial charge in [-0.05, 0) is 48.9 Å². The van der Waals surface area contributed by atoms with Gasteiger partial charge >= 0.3 is 0 Å². The topological polar surface area (TPSA) is 79.8 Å². The second-order valence-corrected chi connectivity index (χ2v) is 9.31. The minimum absolute atomic E-state index is 0.0821. The maximum absolute atomic E-state index is 13.0. The van der Waals surface area contributed by atoms with Gasteiger partial charge in [0.25, 0.3) is 5.56 Å². The molecule has 2 heterocycles. The summed E-state index contributed by atoms with van der Waals surface area (Å²) in [4.78, 5) is 33.3. The third kappa shape index (κ3) is 5.33. The Morgan fingerprint density at radius 2 is 2.00 bits per heavy atom. The van der Waals surface area contributed by atoms with Crippen LogP contribution in [0.2, 0.25) is 0 Å². The van der Waals surface area contributed by atoms with Gasteiger partial charge in [-0.3, -0.25) is 14.2 Å². The van der Waals surface area contributed by atoms with Gasteiger partial charge in [0.15, 0.2) is 5.16 Å².